The van der Waals surface area contributed by atoms with Gasteiger partial charge in [-0.25, -0.2) is 0 Å². The lowest BCUT2D eigenvalue weighted by molar-refractivity contribution is -0.167. The summed E-state index contributed by atoms with van der Waals surface area (Å²) in [7, 11) is 0. The first-order chi connectivity index (χ1) is 33.5. The maximum Gasteiger partial charge on any atom is 0.306 e. The van der Waals surface area contributed by atoms with Crippen molar-refractivity contribution < 1.29 is 28.6 Å². The largest absolute Gasteiger partial charge is 0.462 e. The van der Waals surface area contributed by atoms with Gasteiger partial charge in [0, 0.05) is 19.3 Å². The second kappa shape index (κ2) is 54.9. The molecule has 0 bridgehead atoms. The molecule has 0 aromatic heterocycles. The molecule has 0 fully saturated rings. The summed E-state index contributed by atoms with van der Waals surface area (Å²) in [6.45, 7) is 6.27. The Morgan fingerprint density at radius 3 is 1.03 bits per heavy atom. The number of hydrogen-bond acceptors (Lipinski definition) is 6. The second-order valence-corrected chi connectivity index (χ2v) is 17.3. The third-order valence-electron chi connectivity index (χ3n) is 10.8. The van der Waals surface area contributed by atoms with Crippen LogP contribution in [0.25, 0.3) is 0 Å². The molecule has 6 nitrogen and oxygen atoms in total. The molecule has 0 saturated carbocycles. The van der Waals surface area contributed by atoms with E-state index in [4.69, 9.17) is 14.2 Å². The third kappa shape index (κ3) is 52.3. The van der Waals surface area contributed by atoms with Crippen molar-refractivity contribution in [1.82, 2.24) is 0 Å². The third-order valence-corrected chi connectivity index (χ3v) is 10.8. The lowest BCUT2D eigenvalue weighted by atomic mass is 10.1. The molecule has 0 radical (unpaired) electrons. The summed E-state index contributed by atoms with van der Waals surface area (Å²) in [6.07, 6.45) is 78.3. The van der Waals surface area contributed by atoms with Crippen LogP contribution >= 0.6 is 0 Å². The molecular formula is C62H96O6. The van der Waals surface area contributed by atoms with Crippen molar-refractivity contribution in [3.8, 4) is 0 Å². The standard InChI is InChI=1S/C62H96O6/c1-4-7-10-13-16-19-22-25-27-29-31-33-34-37-40-43-46-49-52-55-61(64)67-58-59(57-66-60(63)54-51-48-45-42-39-36-24-21-18-15-12-9-6-3)68-62(65)56-53-50-47-44-41-38-35-32-30-28-26-23-20-17-14-11-8-5-2/h9,11-12,14-26,28,30,32,35-36,39,42,45,59H,4-8,10,13,27,29,31,33-34,37-38,40-41,43-44,46-58H2,1-3H3/b12-9-,14-11-,18-15-,19-16-,20-17-,24-21-,25-22-,26-23-,30-28-,35-32-,39-36-,45-42-. The number of ether oxygens (including phenoxy) is 3. The zero-order chi connectivity index (χ0) is 49.3. The molecule has 0 spiro atoms. The van der Waals surface area contributed by atoms with Crippen molar-refractivity contribution >= 4 is 17.9 Å². The lowest BCUT2D eigenvalue weighted by Gasteiger charge is -2.18. The molecule has 0 heterocycles. The Balaban J connectivity index is 4.54. The van der Waals surface area contributed by atoms with E-state index in [1.165, 1.54) is 83.5 Å². The Hall–Kier alpha value is -4.71. The predicted molar refractivity (Wildman–Crippen MR) is 292 cm³/mol. The maximum absolute atomic E-state index is 12.8. The van der Waals surface area contributed by atoms with Crippen molar-refractivity contribution in [3.63, 3.8) is 0 Å². The molecule has 68 heavy (non-hydrogen) atoms. The van der Waals surface area contributed by atoms with Crippen molar-refractivity contribution in [1.29, 1.82) is 0 Å². The van der Waals surface area contributed by atoms with Crippen molar-refractivity contribution in [2.75, 3.05) is 13.2 Å². The van der Waals surface area contributed by atoms with Gasteiger partial charge < -0.3 is 14.2 Å². The molecule has 1 atom stereocenters. The number of rotatable bonds is 46. The molecule has 0 rings (SSSR count). The average molecular weight is 937 g/mol. The fraction of sp³-hybridized carbons (Fsp3) is 0.565. The first kappa shape index (κ1) is 63.3. The second-order valence-electron chi connectivity index (χ2n) is 17.3. The van der Waals surface area contributed by atoms with E-state index in [1.807, 2.05) is 91.1 Å². The van der Waals surface area contributed by atoms with Gasteiger partial charge in [0.2, 0.25) is 0 Å². The fourth-order valence-electron chi connectivity index (χ4n) is 6.79. The van der Waals surface area contributed by atoms with Gasteiger partial charge in [-0.05, 0) is 77.0 Å². The molecule has 380 valence electrons. The van der Waals surface area contributed by atoms with Crippen LogP contribution in [0.4, 0.5) is 0 Å². The Bertz CT molecular complexity index is 1540. The molecule has 0 saturated heterocycles. The van der Waals surface area contributed by atoms with Gasteiger partial charge in [0.15, 0.2) is 6.10 Å². The molecule has 1 unspecified atom stereocenters. The Morgan fingerprint density at radius 1 is 0.309 bits per heavy atom. The molecule has 0 aromatic rings. The van der Waals surface area contributed by atoms with E-state index in [0.717, 1.165) is 77.0 Å². The van der Waals surface area contributed by atoms with E-state index in [1.54, 1.807) is 0 Å². The highest BCUT2D eigenvalue weighted by Gasteiger charge is 2.19. The van der Waals surface area contributed by atoms with E-state index in [0.29, 0.717) is 12.8 Å². The van der Waals surface area contributed by atoms with E-state index >= 15 is 0 Å². The normalized spacial score (nSPS) is 13.3. The van der Waals surface area contributed by atoms with E-state index in [-0.39, 0.29) is 44.0 Å². The zero-order valence-corrected chi connectivity index (χ0v) is 43.3. The highest BCUT2D eigenvalue weighted by Crippen LogP contribution is 2.14. The Labute approximate surface area is 417 Å². The van der Waals surface area contributed by atoms with Crippen LogP contribution in [0.15, 0.2) is 146 Å². The van der Waals surface area contributed by atoms with Crippen LogP contribution in [0.5, 0.6) is 0 Å². The van der Waals surface area contributed by atoms with Gasteiger partial charge in [0.05, 0.1) is 0 Å². The van der Waals surface area contributed by atoms with Crippen LogP contribution in [0.3, 0.4) is 0 Å². The van der Waals surface area contributed by atoms with Crippen molar-refractivity contribution in [2.24, 2.45) is 0 Å². The van der Waals surface area contributed by atoms with Gasteiger partial charge in [0.1, 0.15) is 13.2 Å². The summed E-state index contributed by atoms with van der Waals surface area (Å²) in [4.78, 5) is 38.0. The van der Waals surface area contributed by atoms with Gasteiger partial charge in [-0.15, -0.1) is 0 Å². The molecular weight excluding hydrogens is 841 g/mol. The van der Waals surface area contributed by atoms with Crippen LogP contribution in [-0.2, 0) is 28.6 Å². The monoisotopic (exact) mass is 937 g/mol. The molecule has 6 heteroatoms. The first-order valence-corrected chi connectivity index (χ1v) is 27.0. The highest BCUT2D eigenvalue weighted by atomic mass is 16.6. The Kier molecular flexibility index (Phi) is 51.1. The number of carbonyl (C=O) groups excluding carboxylic acids is 3. The van der Waals surface area contributed by atoms with Gasteiger partial charge in [0.25, 0.3) is 0 Å². The summed E-state index contributed by atoms with van der Waals surface area (Å²) in [5.74, 6) is -1.03. The lowest BCUT2D eigenvalue weighted by Crippen LogP contribution is -2.30. The topological polar surface area (TPSA) is 78.9 Å². The molecule has 0 aromatic carbocycles. The van der Waals surface area contributed by atoms with Gasteiger partial charge >= 0.3 is 17.9 Å². The quantitative estimate of drug-likeness (QED) is 0.0262. The summed E-state index contributed by atoms with van der Waals surface area (Å²) in [6, 6.07) is 0. The maximum atomic E-state index is 12.8. The van der Waals surface area contributed by atoms with Crippen molar-refractivity contribution in [2.45, 2.75) is 213 Å². The minimum Gasteiger partial charge on any atom is -0.462 e. The Morgan fingerprint density at radius 2 is 0.618 bits per heavy atom. The SMILES string of the molecule is CC\C=C/C=C\C=C/C=C\C=C/CCCC(=O)OCC(COC(=O)CCCCCCCCCCCC/C=C\C=C/CCCCC)OC(=O)CCCCCCC\C=C/C=C\C=C/C=C\C=C/CCC. The van der Waals surface area contributed by atoms with Gasteiger partial charge in [-0.3, -0.25) is 14.4 Å². The van der Waals surface area contributed by atoms with E-state index in [9.17, 15) is 14.4 Å². The predicted octanol–water partition coefficient (Wildman–Crippen LogP) is 18.0. The summed E-state index contributed by atoms with van der Waals surface area (Å²) < 4.78 is 16.7. The van der Waals surface area contributed by atoms with Crippen LogP contribution in [-0.4, -0.2) is 37.2 Å². The van der Waals surface area contributed by atoms with Crippen LogP contribution in [0, 0.1) is 0 Å². The van der Waals surface area contributed by atoms with Crippen molar-refractivity contribution in [3.05, 3.63) is 146 Å². The van der Waals surface area contributed by atoms with Crippen LogP contribution < -0.4 is 0 Å². The summed E-state index contributed by atoms with van der Waals surface area (Å²) in [5.41, 5.74) is 0. The molecule has 0 aliphatic rings. The number of unbranched alkanes of at least 4 members (excludes halogenated alkanes) is 20. The number of esters is 3. The highest BCUT2D eigenvalue weighted by molar-refractivity contribution is 5.71. The molecule has 0 amide bonds. The minimum atomic E-state index is -0.828. The molecule has 0 aliphatic carbocycles. The van der Waals surface area contributed by atoms with Gasteiger partial charge in [-0.1, -0.05) is 256 Å². The smallest absolute Gasteiger partial charge is 0.306 e. The summed E-state index contributed by atoms with van der Waals surface area (Å²) in [5, 5.41) is 0. The fourth-order valence-corrected chi connectivity index (χ4v) is 6.79. The zero-order valence-electron chi connectivity index (χ0n) is 43.3. The number of allylic oxidation sites excluding steroid dienone is 24. The first-order valence-electron chi connectivity index (χ1n) is 27.0. The van der Waals surface area contributed by atoms with E-state index in [2.05, 4.69) is 75.5 Å². The van der Waals surface area contributed by atoms with Crippen LogP contribution in [0.2, 0.25) is 0 Å². The van der Waals surface area contributed by atoms with Crippen LogP contribution in [0.1, 0.15) is 207 Å². The average Bonchev–Trinajstić information content (AvgIpc) is 3.34. The number of hydrogen-bond donors (Lipinski definition) is 0. The number of carbonyl (C=O) groups is 3. The van der Waals surface area contributed by atoms with Gasteiger partial charge in [-0.2, -0.15) is 0 Å². The summed E-state index contributed by atoms with van der Waals surface area (Å²) >= 11 is 0. The van der Waals surface area contributed by atoms with E-state index < -0.39 is 6.10 Å². The minimum absolute atomic E-state index is 0.119. The molecule has 0 aliphatic heterocycles. The molecule has 0 N–H and O–H groups in total.